The number of ether oxygens (including phenoxy) is 1. The average molecular weight is 338 g/mol. The molecule has 1 fully saturated rings. The molecule has 1 saturated heterocycles. The van der Waals surface area contributed by atoms with Crippen LogP contribution < -0.4 is 5.32 Å². The molecule has 0 saturated carbocycles. The van der Waals surface area contributed by atoms with E-state index in [0.29, 0.717) is 17.7 Å². The molecule has 1 unspecified atom stereocenters. The van der Waals surface area contributed by atoms with Gasteiger partial charge in [-0.15, -0.1) is 0 Å². The summed E-state index contributed by atoms with van der Waals surface area (Å²) in [4.78, 5) is 15.5. The van der Waals surface area contributed by atoms with E-state index in [9.17, 15) is 9.18 Å². The monoisotopic (exact) mass is 338 g/mol. The zero-order valence-electron chi connectivity index (χ0n) is 13.7. The number of carbonyl (C=O) groups is 1. The summed E-state index contributed by atoms with van der Waals surface area (Å²) in [5, 5.41) is 3.93. The van der Waals surface area contributed by atoms with Crippen LogP contribution in [0.1, 0.15) is 23.2 Å². The first-order chi connectivity index (χ1) is 12.2. The summed E-state index contributed by atoms with van der Waals surface area (Å²) in [6.07, 6.45) is 3.90. The van der Waals surface area contributed by atoms with E-state index in [1.165, 1.54) is 12.1 Å². The summed E-state index contributed by atoms with van der Waals surface area (Å²) in [5.41, 5.74) is 2.84. The first-order valence-electron chi connectivity index (χ1n) is 8.47. The summed E-state index contributed by atoms with van der Waals surface area (Å²) in [7, 11) is 0. The fourth-order valence-electron chi connectivity index (χ4n) is 3.23. The number of aromatic nitrogens is 1. The Bertz CT molecular complexity index is 913. The van der Waals surface area contributed by atoms with Crippen LogP contribution in [-0.2, 0) is 4.74 Å². The summed E-state index contributed by atoms with van der Waals surface area (Å²) >= 11 is 0. The van der Waals surface area contributed by atoms with E-state index in [4.69, 9.17) is 4.74 Å². The van der Waals surface area contributed by atoms with Crippen LogP contribution in [0.25, 0.3) is 22.0 Å². The smallest absolute Gasteiger partial charge is 0.251 e. The zero-order chi connectivity index (χ0) is 17.2. The molecule has 2 heterocycles. The van der Waals surface area contributed by atoms with Gasteiger partial charge in [0.15, 0.2) is 0 Å². The predicted octanol–water partition coefficient (Wildman–Crippen LogP) is 3.88. The zero-order valence-corrected chi connectivity index (χ0v) is 13.7. The van der Waals surface area contributed by atoms with E-state index in [0.717, 1.165) is 35.9 Å². The maximum atomic E-state index is 14.1. The van der Waals surface area contributed by atoms with Gasteiger partial charge in [-0.25, -0.2) is 4.39 Å². The second-order valence-corrected chi connectivity index (χ2v) is 6.35. The van der Waals surface area contributed by atoms with Crippen molar-refractivity contribution in [2.45, 2.75) is 18.9 Å². The van der Waals surface area contributed by atoms with Crippen LogP contribution in [-0.4, -0.2) is 30.1 Å². The Morgan fingerprint density at radius 1 is 1.20 bits per heavy atom. The van der Waals surface area contributed by atoms with Gasteiger partial charge in [-0.05, 0) is 59.7 Å². The standard InChI is InChI=1S/C20H19FN2O2/c21-17-9-15(14-4-3-13-5-6-22-19(13)11-14)8-16(10-17)20(24)23-12-18-2-1-7-25-18/h3-6,8-11,18,22H,1-2,7,12H2,(H,23,24). The molecule has 5 heteroatoms. The number of aromatic amines is 1. The van der Waals surface area contributed by atoms with Crippen LogP contribution in [0, 0.1) is 5.82 Å². The third kappa shape index (κ3) is 3.42. The number of nitrogens with one attached hydrogen (secondary N) is 2. The second kappa shape index (κ2) is 6.69. The largest absolute Gasteiger partial charge is 0.376 e. The minimum Gasteiger partial charge on any atom is -0.376 e. The molecular formula is C20H19FN2O2. The van der Waals surface area contributed by atoms with Crippen LogP contribution in [0.5, 0.6) is 0 Å². The molecule has 0 spiro atoms. The third-order valence-corrected chi connectivity index (χ3v) is 4.56. The van der Waals surface area contributed by atoms with Crippen LogP contribution in [0.15, 0.2) is 48.7 Å². The maximum absolute atomic E-state index is 14.1. The lowest BCUT2D eigenvalue weighted by molar-refractivity contribution is 0.0857. The number of hydrogen-bond donors (Lipinski definition) is 2. The van der Waals surface area contributed by atoms with Crippen molar-refractivity contribution in [1.82, 2.24) is 10.3 Å². The normalized spacial score (nSPS) is 17.1. The van der Waals surface area contributed by atoms with Crippen molar-refractivity contribution < 1.29 is 13.9 Å². The van der Waals surface area contributed by atoms with Gasteiger partial charge in [0.25, 0.3) is 5.91 Å². The van der Waals surface area contributed by atoms with Crippen molar-refractivity contribution in [3.05, 3.63) is 60.0 Å². The second-order valence-electron chi connectivity index (χ2n) is 6.35. The van der Waals surface area contributed by atoms with E-state index < -0.39 is 5.82 Å². The Labute approximate surface area is 145 Å². The quantitative estimate of drug-likeness (QED) is 0.758. The van der Waals surface area contributed by atoms with Gasteiger partial charge in [0.05, 0.1) is 6.10 Å². The Balaban J connectivity index is 1.57. The number of halogens is 1. The van der Waals surface area contributed by atoms with Crippen molar-refractivity contribution in [1.29, 1.82) is 0 Å². The fraction of sp³-hybridized carbons (Fsp3) is 0.250. The minimum absolute atomic E-state index is 0.0623. The lowest BCUT2D eigenvalue weighted by atomic mass is 10.0. The van der Waals surface area contributed by atoms with Gasteiger partial charge in [0.2, 0.25) is 0 Å². The van der Waals surface area contributed by atoms with Gasteiger partial charge >= 0.3 is 0 Å². The van der Waals surface area contributed by atoms with Crippen LogP contribution >= 0.6 is 0 Å². The number of benzene rings is 2. The van der Waals surface area contributed by atoms with Gasteiger partial charge in [-0.3, -0.25) is 4.79 Å². The van der Waals surface area contributed by atoms with E-state index in [1.54, 1.807) is 6.07 Å². The molecule has 4 rings (SSSR count). The van der Waals surface area contributed by atoms with Crippen LogP contribution in [0.3, 0.4) is 0 Å². The molecule has 2 N–H and O–H groups in total. The van der Waals surface area contributed by atoms with Crippen LogP contribution in [0.2, 0.25) is 0 Å². The van der Waals surface area contributed by atoms with Gasteiger partial charge in [-0.1, -0.05) is 12.1 Å². The number of amides is 1. The molecule has 0 radical (unpaired) electrons. The van der Waals surface area contributed by atoms with E-state index in [1.807, 2.05) is 30.5 Å². The van der Waals surface area contributed by atoms with Crippen LogP contribution in [0.4, 0.5) is 4.39 Å². The summed E-state index contributed by atoms with van der Waals surface area (Å²) < 4.78 is 19.6. The maximum Gasteiger partial charge on any atom is 0.251 e. The molecule has 4 nitrogen and oxygen atoms in total. The number of hydrogen-bond acceptors (Lipinski definition) is 2. The highest BCUT2D eigenvalue weighted by atomic mass is 19.1. The first kappa shape index (κ1) is 15.8. The topological polar surface area (TPSA) is 54.1 Å². The lowest BCUT2D eigenvalue weighted by Gasteiger charge is -2.12. The summed E-state index contributed by atoms with van der Waals surface area (Å²) in [5.74, 6) is -0.705. The number of carbonyl (C=O) groups excluding carboxylic acids is 1. The van der Waals surface area contributed by atoms with Gasteiger partial charge in [0, 0.05) is 30.4 Å². The predicted molar refractivity (Wildman–Crippen MR) is 95.0 cm³/mol. The average Bonchev–Trinajstić information content (AvgIpc) is 3.29. The molecule has 1 aliphatic rings. The third-order valence-electron chi connectivity index (χ3n) is 4.56. The SMILES string of the molecule is O=C(NCC1CCCO1)c1cc(F)cc(-c2ccc3cc[nH]c3c2)c1. The molecule has 1 aliphatic heterocycles. The molecular weight excluding hydrogens is 319 g/mol. The molecule has 0 bridgehead atoms. The van der Waals surface area contributed by atoms with E-state index >= 15 is 0 Å². The molecule has 2 aromatic carbocycles. The number of fused-ring (bicyclic) bond motifs is 1. The van der Waals surface area contributed by atoms with Gasteiger partial charge in [-0.2, -0.15) is 0 Å². The highest BCUT2D eigenvalue weighted by Gasteiger charge is 2.17. The molecule has 1 amide bonds. The molecule has 1 aromatic heterocycles. The highest BCUT2D eigenvalue weighted by molar-refractivity contribution is 5.96. The molecule has 128 valence electrons. The number of H-pyrrole nitrogens is 1. The molecule has 1 atom stereocenters. The molecule has 0 aliphatic carbocycles. The molecule has 25 heavy (non-hydrogen) atoms. The number of rotatable bonds is 4. The minimum atomic E-state index is -0.425. The first-order valence-corrected chi connectivity index (χ1v) is 8.47. The Kier molecular flexibility index (Phi) is 4.24. The molecule has 3 aromatic rings. The van der Waals surface area contributed by atoms with Crippen molar-refractivity contribution >= 4 is 16.8 Å². The van der Waals surface area contributed by atoms with Crippen molar-refractivity contribution in [2.24, 2.45) is 0 Å². The Hall–Kier alpha value is -2.66. The van der Waals surface area contributed by atoms with Crippen molar-refractivity contribution in [2.75, 3.05) is 13.2 Å². The lowest BCUT2D eigenvalue weighted by Crippen LogP contribution is -2.31. The Morgan fingerprint density at radius 2 is 2.12 bits per heavy atom. The Morgan fingerprint density at radius 3 is 2.96 bits per heavy atom. The van der Waals surface area contributed by atoms with E-state index in [2.05, 4.69) is 10.3 Å². The fourth-order valence-corrected chi connectivity index (χ4v) is 3.23. The van der Waals surface area contributed by atoms with E-state index in [-0.39, 0.29) is 12.0 Å². The van der Waals surface area contributed by atoms with Gasteiger partial charge < -0.3 is 15.0 Å². The van der Waals surface area contributed by atoms with Crippen molar-refractivity contribution in [3.63, 3.8) is 0 Å². The van der Waals surface area contributed by atoms with Crippen molar-refractivity contribution in [3.8, 4) is 11.1 Å². The van der Waals surface area contributed by atoms with Gasteiger partial charge in [0.1, 0.15) is 5.82 Å². The summed E-state index contributed by atoms with van der Waals surface area (Å²) in [6.45, 7) is 1.20. The highest BCUT2D eigenvalue weighted by Crippen LogP contribution is 2.25. The summed E-state index contributed by atoms with van der Waals surface area (Å²) in [6, 6.07) is 12.3.